The monoisotopic (exact) mass is 302 g/mol. The van der Waals surface area contributed by atoms with Gasteiger partial charge in [0.15, 0.2) is 0 Å². The lowest BCUT2D eigenvalue weighted by molar-refractivity contribution is 0.0435. The van der Waals surface area contributed by atoms with Crippen LogP contribution in [0.25, 0.3) is 0 Å². The van der Waals surface area contributed by atoms with E-state index in [1.165, 1.54) is 11.3 Å². The lowest BCUT2D eigenvalue weighted by Gasteiger charge is -2.23. The van der Waals surface area contributed by atoms with Crippen LogP contribution in [0.15, 0.2) is 15.9 Å². The summed E-state index contributed by atoms with van der Waals surface area (Å²) in [5.74, 6) is 0.361. The Labute approximate surface area is 108 Å². The second kappa shape index (κ2) is 4.41. The van der Waals surface area contributed by atoms with Crippen LogP contribution in [0.1, 0.15) is 24.1 Å². The lowest BCUT2D eigenvalue weighted by atomic mass is 9.84. The predicted octanol–water partition coefficient (Wildman–Crippen LogP) is 2.98. The van der Waals surface area contributed by atoms with Gasteiger partial charge in [-0.05, 0) is 41.3 Å². The van der Waals surface area contributed by atoms with Crippen molar-refractivity contribution >= 4 is 27.3 Å². The number of aliphatic hydroxyl groups excluding tert-OH is 1. The normalized spacial score (nSPS) is 34.5. The van der Waals surface area contributed by atoms with Crippen LogP contribution in [0.2, 0.25) is 0 Å². The average molecular weight is 303 g/mol. The zero-order chi connectivity index (χ0) is 11.1. The Hall–Kier alpha value is 0.1000. The number of thiophene rings is 1. The highest BCUT2D eigenvalue weighted by molar-refractivity contribution is 9.10. The molecule has 0 aromatic carbocycles. The third-order valence-corrected chi connectivity index (χ3v) is 5.40. The van der Waals surface area contributed by atoms with Gasteiger partial charge in [-0.2, -0.15) is 0 Å². The lowest BCUT2D eigenvalue weighted by Crippen LogP contribution is -2.30. The Morgan fingerprint density at radius 2 is 2.44 bits per heavy atom. The Morgan fingerprint density at radius 3 is 3.00 bits per heavy atom. The topological polar surface area (TPSA) is 29.5 Å². The summed E-state index contributed by atoms with van der Waals surface area (Å²) in [5.41, 5.74) is 0. The summed E-state index contributed by atoms with van der Waals surface area (Å²) in [4.78, 5) is 1.25. The Bertz CT molecular complexity index is 379. The second-order valence-electron chi connectivity index (χ2n) is 4.78. The van der Waals surface area contributed by atoms with Gasteiger partial charge in [-0.3, -0.25) is 0 Å². The van der Waals surface area contributed by atoms with Gasteiger partial charge >= 0.3 is 0 Å². The molecule has 1 N–H and O–H groups in total. The van der Waals surface area contributed by atoms with Crippen LogP contribution in [0.4, 0.5) is 0 Å². The van der Waals surface area contributed by atoms with E-state index in [4.69, 9.17) is 4.74 Å². The van der Waals surface area contributed by atoms with E-state index in [-0.39, 0.29) is 6.10 Å². The van der Waals surface area contributed by atoms with Crippen molar-refractivity contribution in [2.75, 3.05) is 0 Å². The van der Waals surface area contributed by atoms with Gasteiger partial charge in [0.25, 0.3) is 0 Å². The fourth-order valence-corrected chi connectivity index (χ4v) is 4.40. The van der Waals surface area contributed by atoms with Crippen molar-refractivity contribution in [1.29, 1.82) is 0 Å². The number of ether oxygens (including phenoxy) is 1. The summed E-state index contributed by atoms with van der Waals surface area (Å²) in [6.07, 6.45) is 4.68. The van der Waals surface area contributed by atoms with Crippen molar-refractivity contribution < 1.29 is 9.84 Å². The molecule has 4 atom stereocenters. The van der Waals surface area contributed by atoms with Crippen LogP contribution in [-0.2, 0) is 11.2 Å². The Morgan fingerprint density at radius 1 is 1.56 bits per heavy atom. The third kappa shape index (κ3) is 2.08. The van der Waals surface area contributed by atoms with E-state index in [0.717, 1.165) is 23.7 Å². The van der Waals surface area contributed by atoms with Gasteiger partial charge in [-0.25, -0.2) is 0 Å². The van der Waals surface area contributed by atoms with Crippen molar-refractivity contribution in [3.63, 3.8) is 0 Å². The molecule has 0 saturated carbocycles. The molecule has 88 valence electrons. The molecular weight excluding hydrogens is 288 g/mol. The van der Waals surface area contributed by atoms with E-state index in [2.05, 4.69) is 27.4 Å². The number of halogens is 1. The maximum atomic E-state index is 10.2. The summed E-state index contributed by atoms with van der Waals surface area (Å²) in [5, 5.41) is 12.3. The molecule has 1 aromatic heterocycles. The molecule has 0 radical (unpaired) electrons. The fraction of sp³-hybridized carbons (Fsp3) is 0.667. The minimum absolute atomic E-state index is 0.235. The van der Waals surface area contributed by atoms with Gasteiger partial charge < -0.3 is 9.84 Å². The van der Waals surface area contributed by atoms with Crippen LogP contribution >= 0.6 is 27.3 Å². The number of hydrogen-bond donors (Lipinski definition) is 1. The van der Waals surface area contributed by atoms with E-state index in [1.807, 2.05) is 0 Å². The molecule has 0 amide bonds. The smallest absolute Gasteiger partial charge is 0.0642 e. The molecule has 2 aliphatic heterocycles. The molecule has 16 heavy (non-hydrogen) atoms. The van der Waals surface area contributed by atoms with Crippen molar-refractivity contribution in [2.45, 2.75) is 44.0 Å². The van der Waals surface area contributed by atoms with E-state index in [0.29, 0.717) is 18.1 Å². The molecule has 3 rings (SSSR count). The largest absolute Gasteiger partial charge is 0.392 e. The van der Waals surface area contributed by atoms with Gasteiger partial charge in [0.1, 0.15) is 0 Å². The van der Waals surface area contributed by atoms with Crippen LogP contribution < -0.4 is 0 Å². The van der Waals surface area contributed by atoms with Gasteiger partial charge in [-0.15, -0.1) is 11.3 Å². The highest BCUT2D eigenvalue weighted by Gasteiger charge is 2.43. The van der Waals surface area contributed by atoms with E-state index in [9.17, 15) is 5.11 Å². The van der Waals surface area contributed by atoms with Crippen molar-refractivity contribution in [2.24, 2.45) is 5.92 Å². The van der Waals surface area contributed by atoms with Crippen molar-refractivity contribution in [3.8, 4) is 0 Å². The number of aliphatic hydroxyl groups is 1. The first-order valence-electron chi connectivity index (χ1n) is 5.79. The zero-order valence-electron chi connectivity index (χ0n) is 8.93. The van der Waals surface area contributed by atoms with Crippen molar-refractivity contribution in [3.05, 3.63) is 20.8 Å². The SMILES string of the molecule is OC(Cc1cc(Br)cs1)C1CC2CCC1O2. The van der Waals surface area contributed by atoms with Crippen LogP contribution in [-0.4, -0.2) is 23.4 Å². The predicted molar refractivity (Wildman–Crippen MR) is 67.7 cm³/mol. The number of fused-ring (bicyclic) bond motifs is 2. The summed E-state index contributed by atoms with van der Waals surface area (Å²) in [6.45, 7) is 0. The van der Waals surface area contributed by atoms with Gasteiger partial charge in [0.05, 0.1) is 18.3 Å². The highest BCUT2D eigenvalue weighted by atomic mass is 79.9. The molecule has 3 heterocycles. The fourth-order valence-electron chi connectivity index (χ4n) is 2.90. The van der Waals surface area contributed by atoms with Gasteiger partial charge in [-0.1, -0.05) is 0 Å². The number of rotatable bonds is 3. The first-order chi connectivity index (χ1) is 7.72. The molecule has 2 saturated heterocycles. The summed E-state index contributed by atoms with van der Waals surface area (Å²) >= 11 is 5.15. The molecule has 2 fully saturated rings. The second-order valence-corrected chi connectivity index (χ2v) is 6.69. The van der Waals surface area contributed by atoms with Gasteiger partial charge in [0, 0.05) is 27.1 Å². The molecule has 4 unspecified atom stereocenters. The highest BCUT2D eigenvalue weighted by Crippen LogP contribution is 2.41. The minimum Gasteiger partial charge on any atom is -0.392 e. The maximum Gasteiger partial charge on any atom is 0.0642 e. The first-order valence-corrected chi connectivity index (χ1v) is 7.46. The molecule has 0 aliphatic carbocycles. The molecular formula is C12H15BrO2S. The average Bonchev–Trinajstić information content (AvgIpc) is 2.93. The molecule has 0 spiro atoms. The summed E-state index contributed by atoms with van der Waals surface area (Å²) in [7, 11) is 0. The van der Waals surface area contributed by atoms with Crippen LogP contribution in [0, 0.1) is 5.92 Å². The van der Waals surface area contributed by atoms with E-state index < -0.39 is 0 Å². The zero-order valence-corrected chi connectivity index (χ0v) is 11.3. The molecule has 1 aromatic rings. The number of hydrogen-bond acceptors (Lipinski definition) is 3. The molecule has 2 aliphatic rings. The summed E-state index contributed by atoms with van der Waals surface area (Å²) in [6, 6.07) is 2.10. The van der Waals surface area contributed by atoms with E-state index in [1.54, 1.807) is 11.3 Å². The molecule has 2 bridgehead atoms. The Balaban J connectivity index is 1.63. The Kier molecular flexibility index (Phi) is 3.09. The van der Waals surface area contributed by atoms with Crippen LogP contribution in [0.3, 0.4) is 0 Å². The summed E-state index contributed by atoms with van der Waals surface area (Å²) < 4.78 is 6.90. The standard InChI is InChI=1S/C12H15BrO2S/c13-7-3-9(16-6-7)5-11(14)10-4-8-1-2-12(10)15-8/h3,6,8,10-12,14H,1-2,4-5H2. The molecule has 4 heteroatoms. The molecule has 2 nitrogen and oxygen atoms in total. The van der Waals surface area contributed by atoms with E-state index >= 15 is 0 Å². The maximum absolute atomic E-state index is 10.2. The third-order valence-electron chi connectivity index (χ3n) is 3.68. The minimum atomic E-state index is -0.235. The van der Waals surface area contributed by atoms with Gasteiger partial charge in [0.2, 0.25) is 0 Å². The van der Waals surface area contributed by atoms with Crippen LogP contribution in [0.5, 0.6) is 0 Å². The first kappa shape index (κ1) is 11.2. The quantitative estimate of drug-likeness (QED) is 0.930. The van der Waals surface area contributed by atoms with Crippen molar-refractivity contribution in [1.82, 2.24) is 0 Å².